The Morgan fingerprint density at radius 1 is 1.36 bits per heavy atom. The third-order valence-corrected chi connectivity index (χ3v) is 6.98. The predicted octanol–water partition coefficient (Wildman–Crippen LogP) is 1.34. The number of esters is 1. The third-order valence-electron chi connectivity index (χ3n) is 4.01. The predicted molar refractivity (Wildman–Crippen MR) is 90.9 cm³/mol. The number of aryl methyl sites for hydroxylation is 1. The van der Waals surface area contributed by atoms with Gasteiger partial charge < -0.3 is 9.26 Å². The normalized spacial score (nSPS) is 16.9. The third kappa shape index (κ3) is 3.76. The quantitative estimate of drug-likeness (QED) is 0.717. The Morgan fingerprint density at radius 2 is 2.08 bits per heavy atom. The maximum atomic E-state index is 12.8. The van der Waals surface area contributed by atoms with Crippen LogP contribution in [0.4, 0.5) is 0 Å². The van der Waals surface area contributed by atoms with Crippen molar-refractivity contribution < 1.29 is 22.5 Å². The van der Waals surface area contributed by atoms with Crippen molar-refractivity contribution in [2.75, 3.05) is 33.3 Å². The van der Waals surface area contributed by atoms with Crippen LogP contribution in [0.3, 0.4) is 0 Å². The van der Waals surface area contributed by atoms with Crippen LogP contribution in [0.15, 0.2) is 26.9 Å². The van der Waals surface area contributed by atoms with Crippen molar-refractivity contribution in [1.82, 2.24) is 14.4 Å². The molecule has 1 saturated heterocycles. The second kappa shape index (κ2) is 7.24. The van der Waals surface area contributed by atoms with Gasteiger partial charge in [-0.3, -0.25) is 4.90 Å². The highest BCUT2D eigenvalue weighted by molar-refractivity contribution is 7.89. The molecule has 3 heterocycles. The van der Waals surface area contributed by atoms with Gasteiger partial charge in [0.15, 0.2) is 0 Å². The molecule has 25 heavy (non-hydrogen) atoms. The van der Waals surface area contributed by atoms with Gasteiger partial charge in [-0.25, -0.2) is 13.2 Å². The van der Waals surface area contributed by atoms with Gasteiger partial charge in [-0.05, 0) is 18.4 Å². The molecule has 0 saturated carbocycles. The molecule has 1 aliphatic heterocycles. The lowest BCUT2D eigenvalue weighted by Gasteiger charge is -2.33. The van der Waals surface area contributed by atoms with Crippen LogP contribution in [0.25, 0.3) is 0 Å². The van der Waals surface area contributed by atoms with Crippen LogP contribution in [-0.4, -0.2) is 62.0 Å². The summed E-state index contributed by atoms with van der Waals surface area (Å²) in [5, 5.41) is 5.55. The number of hydrogen-bond acceptors (Lipinski definition) is 8. The molecule has 2 aromatic heterocycles. The van der Waals surface area contributed by atoms with Gasteiger partial charge in [-0.2, -0.15) is 4.31 Å². The zero-order valence-electron chi connectivity index (χ0n) is 14.0. The average Bonchev–Trinajstić information content (AvgIpc) is 3.24. The number of carbonyl (C=O) groups excluding carboxylic acids is 1. The number of piperazine rings is 1. The molecule has 0 spiro atoms. The highest BCUT2D eigenvalue weighted by atomic mass is 32.2. The van der Waals surface area contributed by atoms with Gasteiger partial charge in [-0.15, -0.1) is 11.3 Å². The standard InChI is InChI=1S/C15H19N3O5S2/c1-11-9-12(16-23-11)10-17-4-6-18(7-5-17)25(20,21)13-3-8-24-14(13)15(19)22-2/h3,8-9H,4-7,10H2,1-2H3. The van der Waals surface area contributed by atoms with Gasteiger partial charge in [0.2, 0.25) is 10.0 Å². The number of rotatable bonds is 5. The maximum Gasteiger partial charge on any atom is 0.349 e. The number of thiophene rings is 1. The van der Waals surface area contributed by atoms with Gasteiger partial charge in [0.1, 0.15) is 15.5 Å². The van der Waals surface area contributed by atoms with Crippen molar-refractivity contribution in [2.24, 2.45) is 0 Å². The van der Waals surface area contributed by atoms with E-state index in [1.54, 1.807) is 5.38 Å². The number of carbonyl (C=O) groups is 1. The molecule has 0 unspecified atom stereocenters. The highest BCUT2D eigenvalue weighted by Crippen LogP contribution is 2.26. The molecule has 1 aliphatic rings. The largest absolute Gasteiger partial charge is 0.465 e. The summed E-state index contributed by atoms with van der Waals surface area (Å²) in [4.78, 5) is 14.0. The summed E-state index contributed by atoms with van der Waals surface area (Å²) in [5.41, 5.74) is 0.833. The Hall–Kier alpha value is -1.75. The Bertz CT molecular complexity index is 850. The van der Waals surface area contributed by atoms with E-state index in [1.807, 2.05) is 13.0 Å². The van der Waals surface area contributed by atoms with Crippen LogP contribution < -0.4 is 0 Å². The molecule has 0 bridgehead atoms. The number of nitrogens with zero attached hydrogens (tertiary/aromatic N) is 3. The molecule has 2 aromatic rings. The summed E-state index contributed by atoms with van der Waals surface area (Å²) in [6.45, 7) is 4.34. The summed E-state index contributed by atoms with van der Waals surface area (Å²) in [6.07, 6.45) is 0. The second-order valence-electron chi connectivity index (χ2n) is 5.71. The average molecular weight is 385 g/mol. The summed E-state index contributed by atoms with van der Waals surface area (Å²) in [7, 11) is -2.48. The number of hydrogen-bond donors (Lipinski definition) is 0. The van der Waals surface area contributed by atoms with Crippen LogP contribution in [0.2, 0.25) is 0 Å². The minimum Gasteiger partial charge on any atom is -0.465 e. The van der Waals surface area contributed by atoms with Crippen molar-refractivity contribution in [1.29, 1.82) is 0 Å². The number of aromatic nitrogens is 1. The van der Waals surface area contributed by atoms with Crippen LogP contribution in [0, 0.1) is 6.92 Å². The van der Waals surface area contributed by atoms with Crippen molar-refractivity contribution >= 4 is 27.3 Å². The lowest BCUT2D eigenvalue weighted by molar-refractivity contribution is 0.0602. The van der Waals surface area contributed by atoms with Crippen molar-refractivity contribution in [3.05, 3.63) is 33.8 Å². The van der Waals surface area contributed by atoms with E-state index in [0.29, 0.717) is 32.7 Å². The molecular weight excluding hydrogens is 366 g/mol. The Morgan fingerprint density at radius 3 is 2.68 bits per heavy atom. The first-order valence-corrected chi connectivity index (χ1v) is 10.0. The molecule has 0 radical (unpaired) electrons. The molecular formula is C15H19N3O5S2. The molecule has 0 aromatic carbocycles. The Balaban J connectivity index is 1.67. The lowest BCUT2D eigenvalue weighted by atomic mass is 10.3. The molecule has 1 fully saturated rings. The van der Waals surface area contributed by atoms with Crippen LogP contribution in [0.5, 0.6) is 0 Å². The topological polar surface area (TPSA) is 93.0 Å². The van der Waals surface area contributed by atoms with E-state index in [2.05, 4.69) is 14.8 Å². The number of sulfonamides is 1. The van der Waals surface area contributed by atoms with Crippen LogP contribution in [0.1, 0.15) is 21.1 Å². The molecule has 8 nitrogen and oxygen atoms in total. The zero-order chi connectivity index (χ0) is 18.0. The fourth-order valence-electron chi connectivity index (χ4n) is 2.73. The molecule has 136 valence electrons. The van der Waals surface area contributed by atoms with Crippen LogP contribution >= 0.6 is 11.3 Å². The van der Waals surface area contributed by atoms with Crippen molar-refractivity contribution in [3.8, 4) is 0 Å². The minimum atomic E-state index is -3.71. The molecule has 0 atom stereocenters. The van der Waals surface area contributed by atoms with Gasteiger partial charge in [0, 0.05) is 38.8 Å². The van der Waals surface area contributed by atoms with E-state index < -0.39 is 16.0 Å². The Labute approximate surface area is 150 Å². The molecule has 0 N–H and O–H groups in total. The highest BCUT2D eigenvalue weighted by Gasteiger charge is 2.32. The van der Waals surface area contributed by atoms with E-state index in [4.69, 9.17) is 4.52 Å². The second-order valence-corrected chi connectivity index (χ2v) is 8.54. The van der Waals surface area contributed by atoms with E-state index in [9.17, 15) is 13.2 Å². The fraction of sp³-hybridized carbons (Fsp3) is 0.467. The molecule has 0 aliphatic carbocycles. The SMILES string of the molecule is COC(=O)c1sccc1S(=O)(=O)N1CCN(Cc2cc(C)on2)CC1. The van der Waals surface area contributed by atoms with Crippen LogP contribution in [-0.2, 0) is 21.3 Å². The summed E-state index contributed by atoms with van der Waals surface area (Å²) < 4.78 is 36.8. The lowest BCUT2D eigenvalue weighted by Crippen LogP contribution is -2.48. The summed E-state index contributed by atoms with van der Waals surface area (Å²) >= 11 is 1.07. The van der Waals surface area contributed by atoms with Gasteiger partial charge in [0.05, 0.1) is 12.8 Å². The maximum absolute atomic E-state index is 12.8. The smallest absolute Gasteiger partial charge is 0.349 e. The van der Waals surface area contributed by atoms with Crippen molar-refractivity contribution in [2.45, 2.75) is 18.4 Å². The first-order chi connectivity index (χ1) is 11.9. The van der Waals surface area contributed by atoms with Crippen molar-refractivity contribution in [3.63, 3.8) is 0 Å². The zero-order valence-corrected chi connectivity index (χ0v) is 15.6. The van der Waals surface area contributed by atoms with E-state index in [0.717, 1.165) is 22.8 Å². The first kappa shape index (κ1) is 18.1. The fourth-order valence-corrected chi connectivity index (χ4v) is 5.46. The summed E-state index contributed by atoms with van der Waals surface area (Å²) in [6, 6.07) is 3.33. The number of ether oxygens (including phenoxy) is 1. The van der Waals surface area contributed by atoms with Gasteiger partial charge in [-0.1, -0.05) is 5.16 Å². The van der Waals surface area contributed by atoms with E-state index in [1.165, 1.54) is 17.5 Å². The molecule has 10 heteroatoms. The Kier molecular flexibility index (Phi) is 5.23. The van der Waals surface area contributed by atoms with Gasteiger partial charge >= 0.3 is 5.97 Å². The molecule has 3 rings (SSSR count). The monoisotopic (exact) mass is 385 g/mol. The van der Waals surface area contributed by atoms with E-state index in [-0.39, 0.29) is 9.77 Å². The summed E-state index contributed by atoms with van der Waals surface area (Å²) in [5.74, 6) is 0.123. The van der Waals surface area contributed by atoms with Gasteiger partial charge in [0.25, 0.3) is 0 Å². The van der Waals surface area contributed by atoms with E-state index >= 15 is 0 Å². The number of methoxy groups -OCH3 is 1. The minimum absolute atomic E-state index is 0.0185. The molecule has 0 amide bonds. The first-order valence-electron chi connectivity index (χ1n) is 7.72.